The molecule has 1 aromatic heterocycles. The Bertz CT molecular complexity index is 1050. The Morgan fingerprint density at radius 3 is 2.70 bits per heavy atom. The maximum absolute atomic E-state index is 12.9. The lowest BCUT2D eigenvalue weighted by molar-refractivity contribution is 0.0731. The van der Waals surface area contributed by atoms with E-state index in [2.05, 4.69) is 39.3 Å². The number of aromatic nitrogens is 2. The molecule has 0 N–H and O–H groups in total. The summed E-state index contributed by atoms with van der Waals surface area (Å²) in [6, 6.07) is 13.4. The maximum Gasteiger partial charge on any atom is 0.255 e. The lowest BCUT2D eigenvalue weighted by atomic mass is 10.1. The lowest BCUT2D eigenvalue weighted by Crippen LogP contribution is -2.36. The van der Waals surface area contributed by atoms with Crippen molar-refractivity contribution in [2.75, 3.05) is 6.54 Å². The summed E-state index contributed by atoms with van der Waals surface area (Å²) in [6.07, 6.45) is 0.741. The smallest absolute Gasteiger partial charge is 0.255 e. The molecule has 138 valence electrons. The van der Waals surface area contributed by atoms with Gasteiger partial charge in [-0.1, -0.05) is 41.4 Å². The second-order valence-electron chi connectivity index (χ2n) is 6.42. The zero-order valence-corrected chi connectivity index (χ0v) is 18.2. The van der Waals surface area contributed by atoms with Crippen molar-refractivity contribution in [2.45, 2.75) is 19.9 Å². The third-order valence-electron chi connectivity index (χ3n) is 4.75. The van der Waals surface area contributed by atoms with Gasteiger partial charge in [-0.05, 0) is 53.8 Å². The Balaban J connectivity index is 1.67. The van der Waals surface area contributed by atoms with Gasteiger partial charge in [0.25, 0.3) is 5.91 Å². The summed E-state index contributed by atoms with van der Waals surface area (Å²) < 4.78 is 3.37. The number of carbonyl (C=O) groups is 1. The first-order valence-corrected chi connectivity index (χ1v) is 10.4. The molecule has 1 aliphatic rings. The van der Waals surface area contributed by atoms with E-state index in [0.29, 0.717) is 28.7 Å². The van der Waals surface area contributed by atoms with E-state index in [1.165, 1.54) is 3.57 Å². The van der Waals surface area contributed by atoms with Crippen molar-refractivity contribution in [1.29, 1.82) is 0 Å². The van der Waals surface area contributed by atoms with Gasteiger partial charge in [0.05, 0.1) is 33.5 Å². The van der Waals surface area contributed by atoms with Crippen molar-refractivity contribution in [3.8, 4) is 5.69 Å². The first-order valence-electron chi connectivity index (χ1n) is 8.52. The van der Waals surface area contributed by atoms with Gasteiger partial charge >= 0.3 is 0 Å². The van der Waals surface area contributed by atoms with Gasteiger partial charge in [-0.2, -0.15) is 0 Å². The van der Waals surface area contributed by atoms with E-state index in [9.17, 15) is 4.79 Å². The molecule has 1 amide bonds. The van der Waals surface area contributed by atoms with Gasteiger partial charge in [0.2, 0.25) is 0 Å². The number of nitrogens with zero attached hydrogens (tertiary/aromatic N) is 3. The van der Waals surface area contributed by atoms with Crippen LogP contribution in [0.5, 0.6) is 0 Å². The normalized spacial score (nSPS) is 13.6. The second kappa shape index (κ2) is 7.45. The van der Waals surface area contributed by atoms with E-state index in [-0.39, 0.29) is 5.91 Å². The minimum absolute atomic E-state index is 0.116. The highest BCUT2D eigenvalue weighted by Gasteiger charge is 2.28. The van der Waals surface area contributed by atoms with Gasteiger partial charge in [-0.15, -0.1) is 0 Å². The fraction of sp³-hybridized carbons (Fsp3) is 0.200. The second-order valence-corrected chi connectivity index (χ2v) is 8.36. The van der Waals surface area contributed by atoms with Crippen LogP contribution in [0.15, 0.2) is 42.5 Å². The Morgan fingerprint density at radius 1 is 1.15 bits per heavy atom. The molecule has 0 unspecified atom stereocenters. The molecule has 0 aliphatic carbocycles. The quantitative estimate of drug-likeness (QED) is 0.438. The number of aryl methyl sites for hydroxylation is 1. The van der Waals surface area contributed by atoms with Crippen LogP contribution in [-0.2, 0) is 13.0 Å². The van der Waals surface area contributed by atoms with Gasteiger partial charge in [0.15, 0.2) is 0 Å². The first kappa shape index (κ1) is 18.8. The van der Waals surface area contributed by atoms with Crippen LogP contribution >= 0.6 is 45.8 Å². The number of rotatable bonds is 2. The Kier molecular flexibility index (Phi) is 5.18. The van der Waals surface area contributed by atoms with Gasteiger partial charge < -0.3 is 4.90 Å². The van der Waals surface area contributed by atoms with Crippen molar-refractivity contribution in [1.82, 2.24) is 14.5 Å². The van der Waals surface area contributed by atoms with Crippen LogP contribution in [0.25, 0.3) is 5.69 Å². The monoisotopic (exact) mass is 511 g/mol. The molecule has 0 radical (unpaired) electrons. The highest BCUT2D eigenvalue weighted by atomic mass is 127. The summed E-state index contributed by atoms with van der Waals surface area (Å²) in [5, 5.41) is 0.689. The average Bonchev–Trinajstić information content (AvgIpc) is 2.98. The van der Waals surface area contributed by atoms with Crippen molar-refractivity contribution >= 4 is 51.7 Å². The van der Waals surface area contributed by atoms with E-state index in [1.807, 2.05) is 19.1 Å². The molecule has 0 atom stereocenters. The molecule has 7 heteroatoms. The van der Waals surface area contributed by atoms with Crippen molar-refractivity contribution < 1.29 is 4.79 Å². The first-order chi connectivity index (χ1) is 13.0. The number of amides is 1. The predicted octanol–water partition coefficient (Wildman–Crippen LogP) is 5.29. The van der Waals surface area contributed by atoms with Crippen LogP contribution < -0.4 is 0 Å². The number of halogens is 3. The lowest BCUT2D eigenvalue weighted by Gasteiger charge is -2.27. The molecule has 4 rings (SSSR count). The van der Waals surface area contributed by atoms with Gasteiger partial charge in [-0.25, -0.2) is 4.98 Å². The zero-order chi connectivity index (χ0) is 19.1. The fourth-order valence-corrected chi connectivity index (χ4v) is 4.49. The highest BCUT2D eigenvalue weighted by Crippen LogP contribution is 2.30. The zero-order valence-electron chi connectivity index (χ0n) is 14.5. The summed E-state index contributed by atoms with van der Waals surface area (Å²) in [5.74, 6) is 0.814. The van der Waals surface area contributed by atoms with Crippen LogP contribution in [-0.4, -0.2) is 26.9 Å². The number of hydrogen-bond acceptors (Lipinski definition) is 2. The molecule has 2 aromatic carbocycles. The molecular weight excluding hydrogens is 496 g/mol. The van der Waals surface area contributed by atoms with Crippen molar-refractivity contribution in [3.63, 3.8) is 0 Å². The fourth-order valence-electron chi connectivity index (χ4n) is 3.48. The number of para-hydroxylation sites is 1. The van der Waals surface area contributed by atoms with E-state index in [4.69, 9.17) is 28.2 Å². The minimum atomic E-state index is -0.116. The van der Waals surface area contributed by atoms with Crippen LogP contribution in [0, 0.1) is 10.5 Å². The molecule has 2 heterocycles. The molecular formula is C20H16Cl2IN3O. The van der Waals surface area contributed by atoms with Crippen LogP contribution in [0.1, 0.15) is 27.6 Å². The summed E-state index contributed by atoms with van der Waals surface area (Å²) >= 11 is 14.6. The van der Waals surface area contributed by atoms with Gasteiger partial charge in [-0.3, -0.25) is 9.36 Å². The van der Waals surface area contributed by atoms with Crippen LogP contribution in [0.2, 0.25) is 10.0 Å². The predicted molar refractivity (Wildman–Crippen MR) is 116 cm³/mol. The average molecular weight is 512 g/mol. The molecule has 0 spiro atoms. The summed E-state index contributed by atoms with van der Waals surface area (Å²) in [7, 11) is 0. The number of fused-ring (bicyclic) bond motifs is 1. The minimum Gasteiger partial charge on any atom is -0.332 e. The summed E-state index contributed by atoms with van der Waals surface area (Å²) in [4.78, 5) is 19.5. The van der Waals surface area contributed by atoms with Crippen LogP contribution in [0.3, 0.4) is 0 Å². The topological polar surface area (TPSA) is 38.1 Å². The van der Waals surface area contributed by atoms with Crippen LogP contribution in [0.4, 0.5) is 0 Å². The molecule has 4 nitrogen and oxygen atoms in total. The highest BCUT2D eigenvalue weighted by molar-refractivity contribution is 14.1. The molecule has 3 aromatic rings. The van der Waals surface area contributed by atoms with E-state index in [0.717, 1.165) is 29.3 Å². The SMILES string of the molecule is Cc1nc2c(n1-c1ccccc1I)CCN(C(=O)c1cccc(Cl)c1Cl)C2. The molecule has 0 bridgehead atoms. The van der Waals surface area contributed by atoms with Crippen molar-refractivity contribution in [2.24, 2.45) is 0 Å². The molecule has 0 saturated carbocycles. The van der Waals surface area contributed by atoms with E-state index < -0.39 is 0 Å². The Hall–Kier alpha value is -1.57. The number of benzene rings is 2. The maximum atomic E-state index is 12.9. The molecule has 27 heavy (non-hydrogen) atoms. The Morgan fingerprint density at radius 2 is 1.93 bits per heavy atom. The third kappa shape index (κ3) is 3.37. The number of carbonyl (C=O) groups excluding carboxylic acids is 1. The summed E-state index contributed by atoms with van der Waals surface area (Å²) in [6.45, 7) is 3.08. The van der Waals surface area contributed by atoms with E-state index >= 15 is 0 Å². The Labute approximate surface area is 181 Å². The van der Waals surface area contributed by atoms with Gasteiger partial charge in [0.1, 0.15) is 5.82 Å². The third-order valence-corrected chi connectivity index (χ3v) is 6.48. The van der Waals surface area contributed by atoms with E-state index in [1.54, 1.807) is 23.1 Å². The summed E-state index contributed by atoms with van der Waals surface area (Å²) in [5.41, 5.74) is 3.66. The molecule has 0 fully saturated rings. The van der Waals surface area contributed by atoms with Crippen molar-refractivity contribution in [3.05, 3.63) is 78.9 Å². The standard InChI is InChI=1S/C20H16Cl2IN3O/c1-12-24-16-11-25(20(27)13-5-4-6-14(21)19(13)22)10-9-18(16)26(12)17-8-3-2-7-15(17)23/h2-8H,9-11H2,1H3. The molecule has 1 aliphatic heterocycles. The number of imidazole rings is 1. The largest absolute Gasteiger partial charge is 0.332 e. The van der Waals surface area contributed by atoms with Gasteiger partial charge in [0, 0.05) is 22.2 Å². The number of hydrogen-bond donors (Lipinski definition) is 0. The molecule has 0 saturated heterocycles.